The van der Waals surface area contributed by atoms with Crippen molar-refractivity contribution in [3.8, 4) is 78.7 Å². The van der Waals surface area contributed by atoms with Crippen LogP contribution in [0.25, 0.3) is 100 Å². The maximum Gasteiger partial charge on any atom is 0.168 e. The lowest BCUT2D eigenvalue weighted by molar-refractivity contribution is 1.07. The van der Waals surface area contributed by atoms with Crippen LogP contribution in [-0.2, 0) is 0 Å². The van der Waals surface area contributed by atoms with Gasteiger partial charge in [-0.2, -0.15) is 0 Å². The zero-order valence-corrected chi connectivity index (χ0v) is 33.7. The second kappa shape index (κ2) is 15.3. The summed E-state index contributed by atoms with van der Waals surface area (Å²) in [6.07, 6.45) is 0. The van der Waals surface area contributed by atoms with E-state index in [2.05, 4.69) is 216 Å². The molecule has 288 valence electrons. The Morgan fingerprint density at radius 1 is 0.295 bits per heavy atom. The lowest BCUT2D eigenvalue weighted by atomic mass is 9.89. The van der Waals surface area contributed by atoms with Gasteiger partial charge in [-0.15, -0.1) is 10.2 Å². The van der Waals surface area contributed by atoms with Gasteiger partial charge in [0.25, 0.3) is 0 Å². The second-order valence-electron chi connectivity index (χ2n) is 15.6. The number of hydrogen-bond donors (Lipinski definition) is 0. The Morgan fingerprint density at radius 2 is 0.689 bits per heavy atom. The van der Waals surface area contributed by atoms with Gasteiger partial charge >= 0.3 is 0 Å². The summed E-state index contributed by atoms with van der Waals surface area (Å²) in [7, 11) is 0. The predicted molar refractivity (Wildman–Crippen MR) is 253 cm³/mol. The Bertz CT molecular complexity index is 3330. The van der Waals surface area contributed by atoms with Gasteiger partial charge in [-0.1, -0.05) is 181 Å². The second-order valence-corrected chi connectivity index (χ2v) is 15.6. The molecule has 9 aromatic carbocycles. The van der Waals surface area contributed by atoms with E-state index >= 15 is 0 Å². The normalized spacial score (nSPS) is 11.4. The molecule has 0 fully saturated rings. The maximum atomic E-state index is 4.75. The van der Waals surface area contributed by atoms with Gasteiger partial charge in [-0.25, -0.2) is 0 Å². The first-order valence-electron chi connectivity index (χ1n) is 20.7. The number of aromatic nitrogens is 4. The van der Waals surface area contributed by atoms with Crippen LogP contribution in [0, 0.1) is 6.92 Å². The van der Waals surface area contributed by atoms with Crippen LogP contribution in [0.15, 0.2) is 224 Å². The monoisotopic (exact) mass is 780 g/mol. The third-order valence-electron chi connectivity index (χ3n) is 11.8. The summed E-state index contributed by atoms with van der Waals surface area (Å²) in [6, 6.07) is 80.2. The predicted octanol–water partition coefficient (Wildman–Crippen LogP) is 14.7. The Morgan fingerprint density at radius 3 is 1.26 bits per heavy atom. The quantitative estimate of drug-likeness (QED) is 0.154. The summed E-state index contributed by atoms with van der Waals surface area (Å²) < 4.78 is 4.54. The Labute approximate surface area is 355 Å². The fourth-order valence-corrected chi connectivity index (χ4v) is 8.78. The van der Waals surface area contributed by atoms with Crippen LogP contribution in [0.4, 0.5) is 0 Å². The van der Waals surface area contributed by atoms with Gasteiger partial charge in [-0.3, -0.25) is 4.57 Å². The Balaban J connectivity index is 1.01. The van der Waals surface area contributed by atoms with Gasteiger partial charge in [0.1, 0.15) is 0 Å². The highest BCUT2D eigenvalue weighted by Gasteiger charge is 2.20. The van der Waals surface area contributed by atoms with Crippen LogP contribution in [0.2, 0.25) is 0 Å². The molecule has 61 heavy (non-hydrogen) atoms. The Hall–Kier alpha value is -8.08. The minimum Gasteiger partial charge on any atom is -0.309 e. The van der Waals surface area contributed by atoms with E-state index in [-0.39, 0.29) is 0 Å². The molecule has 0 amide bonds. The topological polar surface area (TPSA) is 35.6 Å². The van der Waals surface area contributed by atoms with Crippen molar-refractivity contribution >= 4 is 21.8 Å². The lowest BCUT2D eigenvalue weighted by Crippen LogP contribution is -2.00. The fourth-order valence-electron chi connectivity index (χ4n) is 8.78. The van der Waals surface area contributed by atoms with Gasteiger partial charge < -0.3 is 4.57 Å². The molecule has 11 aromatic rings. The fraction of sp³-hybridized carbons (Fsp3) is 0.0175. The number of aryl methyl sites for hydroxylation is 1. The first-order chi connectivity index (χ1) is 30.2. The van der Waals surface area contributed by atoms with E-state index in [1.165, 1.54) is 66.3 Å². The van der Waals surface area contributed by atoms with E-state index < -0.39 is 0 Å². The first-order valence-corrected chi connectivity index (χ1v) is 20.7. The molecular formula is C57H40N4. The molecule has 2 aromatic heterocycles. The van der Waals surface area contributed by atoms with Gasteiger partial charge in [-0.05, 0) is 100.0 Å². The van der Waals surface area contributed by atoms with Crippen LogP contribution >= 0.6 is 0 Å². The zero-order chi connectivity index (χ0) is 40.7. The number of nitrogens with zero attached hydrogens (tertiary/aromatic N) is 4. The molecular weight excluding hydrogens is 741 g/mol. The highest BCUT2D eigenvalue weighted by Crippen LogP contribution is 2.42. The van der Waals surface area contributed by atoms with Crippen molar-refractivity contribution in [3.05, 3.63) is 230 Å². The average Bonchev–Trinajstić information content (AvgIpc) is 3.92. The average molecular weight is 781 g/mol. The molecule has 0 bridgehead atoms. The van der Waals surface area contributed by atoms with Crippen LogP contribution in [-0.4, -0.2) is 19.3 Å². The molecule has 2 heterocycles. The van der Waals surface area contributed by atoms with Gasteiger partial charge in [0.15, 0.2) is 11.6 Å². The molecule has 0 saturated carbocycles. The first kappa shape index (κ1) is 36.0. The molecule has 0 N–H and O–H groups in total. The molecule has 4 nitrogen and oxygen atoms in total. The van der Waals surface area contributed by atoms with Crippen molar-refractivity contribution in [3.63, 3.8) is 0 Å². The molecule has 0 saturated heterocycles. The number of fused-ring (bicyclic) bond motifs is 3. The van der Waals surface area contributed by atoms with Crippen LogP contribution < -0.4 is 0 Å². The number of benzene rings is 9. The number of rotatable bonds is 8. The number of para-hydroxylation sites is 2. The maximum absolute atomic E-state index is 4.75. The van der Waals surface area contributed by atoms with E-state index in [9.17, 15) is 0 Å². The van der Waals surface area contributed by atoms with E-state index in [1.54, 1.807) is 0 Å². The van der Waals surface area contributed by atoms with Crippen LogP contribution in [0.3, 0.4) is 0 Å². The standard InChI is InChI=1S/C57H40N4/c1-39-25-27-40(28-26-39)44-33-35-54-52(37-44)53-38-45(34-36-55(53)60(54)46-17-7-3-8-18-46)49-22-12-14-24-51(49)50-23-13-11-21-48(50)41-29-31-43(32-30-41)57-59-58-56(42-15-5-2-6-16-42)61(57)47-19-9-4-10-20-47/h2-38H,1H3. The van der Waals surface area contributed by atoms with Crippen molar-refractivity contribution in [2.24, 2.45) is 0 Å². The molecule has 11 rings (SSSR count). The molecule has 0 unspecified atom stereocenters. The third-order valence-corrected chi connectivity index (χ3v) is 11.8. The summed E-state index contributed by atoms with van der Waals surface area (Å²) in [4.78, 5) is 0. The van der Waals surface area contributed by atoms with Crippen molar-refractivity contribution < 1.29 is 0 Å². The van der Waals surface area contributed by atoms with Crippen LogP contribution in [0.5, 0.6) is 0 Å². The summed E-state index contributed by atoms with van der Waals surface area (Å²) in [6.45, 7) is 2.14. The van der Waals surface area contributed by atoms with E-state index in [0.717, 1.165) is 39.7 Å². The molecule has 0 aliphatic heterocycles. The largest absolute Gasteiger partial charge is 0.309 e. The molecule has 4 heteroatoms. The van der Waals surface area contributed by atoms with Crippen LogP contribution in [0.1, 0.15) is 5.56 Å². The minimum atomic E-state index is 0.797. The highest BCUT2D eigenvalue weighted by atomic mass is 15.3. The van der Waals surface area contributed by atoms with Crippen molar-refractivity contribution in [2.45, 2.75) is 6.92 Å². The van der Waals surface area contributed by atoms with Crippen molar-refractivity contribution in [2.75, 3.05) is 0 Å². The summed E-state index contributed by atoms with van der Waals surface area (Å²) in [5.41, 5.74) is 17.3. The summed E-state index contributed by atoms with van der Waals surface area (Å²) in [5, 5.41) is 11.9. The zero-order valence-electron chi connectivity index (χ0n) is 33.7. The molecule has 0 radical (unpaired) electrons. The van der Waals surface area contributed by atoms with Gasteiger partial charge in [0, 0.05) is 33.3 Å². The van der Waals surface area contributed by atoms with Crippen molar-refractivity contribution in [1.29, 1.82) is 0 Å². The van der Waals surface area contributed by atoms with E-state index in [1.807, 2.05) is 24.3 Å². The van der Waals surface area contributed by atoms with Gasteiger partial charge in [0.05, 0.1) is 11.0 Å². The SMILES string of the molecule is Cc1ccc(-c2ccc3c(c2)c2cc(-c4ccccc4-c4ccccc4-c4ccc(-c5nnc(-c6ccccc6)n5-c5ccccc5)cc4)ccc2n3-c2ccccc2)cc1. The molecule has 0 aliphatic rings. The number of hydrogen-bond acceptors (Lipinski definition) is 2. The minimum absolute atomic E-state index is 0.797. The van der Waals surface area contributed by atoms with E-state index in [4.69, 9.17) is 10.2 Å². The summed E-state index contributed by atoms with van der Waals surface area (Å²) in [5.74, 6) is 1.60. The Kier molecular flexibility index (Phi) is 9.02. The van der Waals surface area contributed by atoms with Gasteiger partial charge in [0.2, 0.25) is 0 Å². The molecule has 0 atom stereocenters. The summed E-state index contributed by atoms with van der Waals surface area (Å²) >= 11 is 0. The van der Waals surface area contributed by atoms with Crippen molar-refractivity contribution in [1.82, 2.24) is 19.3 Å². The molecule has 0 aliphatic carbocycles. The lowest BCUT2D eigenvalue weighted by Gasteiger charge is -2.16. The highest BCUT2D eigenvalue weighted by molar-refractivity contribution is 6.12. The van der Waals surface area contributed by atoms with E-state index in [0.29, 0.717) is 0 Å². The third kappa shape index (κ3) is 6.52. The molecule has 0 spiro atoms. The smallest absolute Gasteiger partial charge is 0.168 e.